The van der Waals surface area contributed by atoms with Crippen LogP contribution in [0.2, 0.25) is 0 Å². The molecule has 1 aliphatic rings. The Balaban J connectivity index is 2.43. The summed E-state index contributed by atoms with van der Waals surface area (Å²) in [7, 11) is 1.81. The van der Waals surface area contributed by atoms with Crippen molar-refractivity contribution in [3.05, 3.63) is 0 Å². The predicted molar refractivity (Wildman–Crippen MR) is 69.4 cm³/mol. The van der Waals surface area contributed by atoms with Crippen molar-refractivity contribution in [3.63, 3.8) is 0 Å². The van der Waals surface area contributed by atoms with Gasteiger partial charge in [0.15, 0.2) is 0 Å². The van der Waals surface area contributed by atoms with Crippen LogP contribution in [0.4, 0.5) is 0 Å². The van der Waals surface area contributed by atoms with Crippen molar-refractivity contribution >= 4 is 0 Å². The van der Waals surface area contributed by atoms with E-state index in [4.69, 9.17) is 10.5 Å². The SMILES string of the molecule is COC(C)(C)CCC1CC(C)CCC1CN. The predicted octanol–water partition coefficient (Wildman–Crippen LogP) is 3.20. The molecule has 96 valence electrons. The number of nitrogens with two attached hydrogens (primary N) is 1. The zero-order valence-corrected chi connectivity index (χ0v) is 11.5. The van der Waals surface area contributed by atoms with E-state index in [1.54, 1.807) is 0 Å². The molecule has 3 unspecified atom stereocenters. The summed E-state index contributed by atoms with van der Waals surface area (Å²) in [6, 6.07) is 0. The van der Waals surface area contributed by atoms with Gasteiger partial charge in [0.1, 0.15) is 0 Å². The van der Waals surface area contributed by atoms with Crippen LogP contribution in [-0.4, -0.2) is 19.3 Å². The molecule has 0 bridgehead atoms. The lowest BCUT2D eigenvalue weighted by molar-refractivity contribution is 0.00511. The average Bonchev–Trinajstić information content (AvgIpc) is 2.27. The molecular weight excluding hydrogens is 198 g/mol. The number of ether oxygens (including phenoxy) is 1. The first-order valence-electron chi connectivity index (χ1n) is 6.73. The van der Waals surface area contributed by atoms with Crippen LogP contribution in [0.25, 0.3) is 0 Å². The summed E-state index contributed by atoms with van der Waals surface area (Å²) in [5.41, 5.74) is 5.91. The van der Waals surface area contributed by atoms with Crippen LogP contribution in [0.1, 0.15) is 52.9 Å². The highest BCUT2D eigenvalue weighted by Gasteiger charge is 2.29. The minimum atomic E-state index is 0.0276. The number of rotatable bonds is 5. The summed E-state index contributed by atoms with van der Waals surface area (Å²) >= 11 is 0. The fourth-order valence-corrected chi connectivity index (χ4v) is 2.86. The van der Waals surface area contributed by atoms with Crippen LogP contribution >= 0.6 is 0 Å². The molecule has 0 aliphatic heterocycles. The van der Waals surface area contributed by atoms with Crippen molar-refractivity contribution in [2.75, 3.05) is 13.7 Å². The van der Waals surface area contributed by atoms with Gasteiger partial charge in [0, 0.05) is 7.11 Å². The van der Waals surface area contributed by atoms with Gasteiger partial charge < -0.3 is 10.5 Å². The fraction of sp³-hybridized carbons (Fsp3) is 1.00. The van der Waals surface area contributed by atoms with Gasteiger partial charge in [0.05, 0.1) is 5.60 Å². The summed E-state index contributed by atoms with van der Waals surface area (Å²) < 4.78 is 5.49. The molecule has 0 heterocycles. The third-order valence-electron chi connectivity index (χ3n) is 4.37. The van der Waals surface area contributed by atoms with Crippen molar-refractivity contribution in [1.82, 2.24) is 0 Å². The molecule has 0 saturated heterocycles. The van der Waals surface area contributed by atoms with Gasteiger partial charge in [-0.25, -0.2) is 0 Å². The Hall–Kier alpha value is -0.0800. The van der Waals surface area contributed by atoms with E-state index in [1.165, 1.54) is 25.7 Å². The summed E-state index contributed by atoms with van der Waals surface area (Å²) in [5, 5.41) is 0. The topological polar surface area (TPSA) is 35.2 Å². The minimum Gasteiger partial charge on any atom is -0.379 e. The summed E-state index contributed by atoms with van der Waals surface area (Å²) in [6.45, 7) is 7.60. The van der Waals surface area contributed by atoms with Crippen LogP contribution in [0, 0.1) is 17.8 Å². The van der Waals surface area contributed by atoms with E-state index in [1.807, 2.05) is 7.11 Å². The highest BCUT2D eigenvalue weighted by atomic mass is 16.5. The molecule has 1 aliphatic carbocycles. The first-order chi connectivity index (χ1) is 7.48. The zero-order valence-electron chi connectivity index (χ0n) is 11.5. The third-order valence-corrected chi connectivity index (χ3v) is 4.37. The van der Waals surface area contributed by atoms with E-state index in [0.717, 1.165) is 30.7 Å². The normalized spacial score (nSPS) is 31.7. The lowest BCUT2D eigenvalue weighted by Crippen LogP contribution is -2.32. The molecule has 0 amide bonds. The molecule has 3 atom stereocenters. The van der Waals surface area contributed by atoms with Gasteiger partial charge in [-0.1, -0.05) is 13.3 Å². The molecule has 0 spiro atoms. The van der Waals surface area contributed by atoms with Crippen molar-refractivity contribution in [1.29, 1.82) is 0 Å². The molecule has 0 radical (unpaired) electrons. The second-order valence-electron chi connectivity index (χ2n) is 6.18. The Morgan fingerprint density at radius 2 is 1.94 bits per heavy atom. The van der Waals surface area contributed by atoms with Gasteiger partial charge in [0.25, 0.3) is 0 Å². The standard InChI is InChI=1S/C14H29NO/c1-11-5-6-13(10-15)12(9-11)7-8-14(2,3)16-4/h11-13H,5-10,15H2,1-4H3. The Labute approximate surface area is 101 Å². The van der Waals surface area contributed by atoms with Gasteiger partial charge in [0.2, 0.25) is 0 Å². The Morgan fingerprint density at radius 3 is 2.50 bits per heavy atom. The number of hydrogen-bond acceptors (Lipinski definition) is 2. The van der Waals surface area contributed by atoms with Crippen LogP contribution in [0.5, 0.6) is 0 Å². The van der Waals surface area contributed by atoms with E-state index >= 15 is 0 Å². The molecular formula is C14H29NO. The highest BCUT2D eigenvalue weighted by molar-refractivity contribution is 4.81. The van der Waals surface area contributed by atoms with E-state index < -0.39 is 0 Å². The Morgan fingerprint density at radius 1 is 1.25 bits per heavy atom. The van der Waals surface area contributed by atoms with Crippen LogP contribution in [-0.2, 0) is 4.74 Å². The summed E-state index contributed by atoms with van der Waals surface area (Å²) in [4.78, 5) is 0. The second-order valence-corrected chi connectivity index (χ2v) is 6.18. The monoisotopic (exact) mass is 227 g/mol. The molecule has 0 aromatic carbocycles. The summed E-state index contributed by atoms with van der Waals surface area (Å²) in [5.74, 6) is 2.46. The van der Waals surface area contributed by atoms with Crippen molar-refractivity contribution in [3.8, 4) is 0 Å². The lowest BCUT2D eigenvalue weighted by atomic mass is 9.72. The maximum Gasteiger partial charge on any atom is 0.0622 e. The Kier molecular flexibility index (Phi) is 5.26. The number of methoxy groups -OCH3 is 1. The molecule has 1 saturated carbocycles. The number of hydrogen-bond donors (Lipinski definition) is 1. The Bertz CT molecular complexity index is 203. The maximum atomic E-state index is 5.88. The molecule has 2 N–H and O–H groups in total. The molecule has 0 aromatic rings. The molecule has 2 heteroatoms. The van der Waals surface area contributed by atoms with E-state index in [0.29, 0.717) is 0 Å². The summed E-state index contributed by atoms with van der Waals surface area (Å²) in [6.07, 6.45) is 6.48. The van der Waals surface area contributed by atoms with Crippen LogP contribution in [0.3, 0.4) is 0 Å². The van der Waals surface area contributed by atoms with E-state index in [-0.39, 0.29) is 5.60 Å². The third kappa shape index (κ3) is 4.06. The smallest absolute Gasteiger partial charge is 0.0622 e. The van der Waals surface area contributed by atoms with Crippen molar-refractivity contribution < 1.29 is 4.74 Å². The van der Waals surface area contributed by atoms with Gasteiger partial charge in [-0.3, -0.25) is 0 Å². The van der Waals surface area contributed by atoms with Crippen molar-refractivity contribution in [2.45, 2.75) is 58.5 Å². The lowest BCUT2D eigenvalue weighted by Gasteiger charge is -2.36. The second kappa shape index (κ2) is 6.02. The molecule has 1 rings (SSSR count). The van der Waals surface area contributed by atoms with E-state index in [2.05, 4.69) is 20.8 Å². The average molecular weight is 227 g/mol. The van der Waals surface area contributed by atoms with Crippen molar-refractivity contribution in [2.24, 2.45) is 23.5 Å². The quantitative estimate of drug-likeness (QED) is 0.783. The minimum absolute atomic E-state index is 0.0276. The van der Waals surface area contributed by atoms with Crippen LogP contribution in [0.15, 0.2) is 0 Å². The highest BCUT2D eigenvalue weighted by Crippen LogP contribution is 2.37. The van der Waals surface area contributed by atoms with Gasteiger partial charge in [-0.05, 0) is 63.8 Å². The first kappa shape index (κ1) is 14.0. The molecule has 1 fully saturated rings. The van der Waals surface area contributed by atoms with Gasteiger partial charge in [-0.15, -0.1) is 0 Å². The molecule has 2 nitrogen and oxygen atoms in total. The maximum absolute atomic E-state index is 5.88. The zero-order chi connectivity index (χ0) is 12.2. The van der Waals surface area contributed by atoms with Gasteiger partial charge in [-0.2, -0.15) is 0 Å². The fourth-order valence-electron chi connectivity index (χ4n) is 2.86. The van der Waals surface area contributed by atoms with E-state index in [9.17, 15) is 0 Å². The molecule has 16 heavy (non-hydrogen) atoms. The molecule has 0 aromatic heterocycles. The van der Waals surface area contributed by atoms with Gasteiger partial charge >= 0.3 is 0 Å². The largest absolute Gasteiger partial charge is 0.379 e. The first-order valence-corrected chi connectivity index (χ1v) is 6.73. The van der Waals surface area contributed by atoms with Crippen LogP contribution < -0.4 is 5.73 Å².